The maximum Gasteiger partial charge on any atom is 0.416 e. The maximum absolute atomic E-state index is 13.0. The van der Waals surface area contributed by atoms with Crippen molar-refractivity contribution < 1.29 is 21.6 Å². The molecule has 0 amide bonds. The van der Waals surface area contributed by atoms with Crippen LogP contribution in [0, 0.1) is 5.92 Å². The molecule has 0 bridgehead atoms. The van der Waals surface area contributed by atoms with Gasteiger partial charge in [-0.3, -0.25) is 4.72 Å². The molecule has 4 nitrogen and oxygen atoms in total. The van der Waals surface area contributed by atoms with Crippen LogP contribution < -0.4 is 10.0 Å². The number of anilines is 2. The first-order chi connectivity index (χ1) is 16.1. The summed E-state index contributed by atoms with van der Waals surface area (Å²) < 4.78 is 68.4. The van der Waals surface area contributed by atoms with Gasteiger partial charge in [0.1, 0.15) is 0 Å². The van der Waals surface area contributed by atoms with Crippen LogP contribution in [0.4, 0.5) is 24.5 Å². The fourth-order valence-electron chi connectivity index (χ4n) is 4.75. The first-order valence-corrected chi connectivity index (χ1v) is 12.9. The van der Waals surface area contributed by atoms with Crippen LogP contribution in [0.25, 0.3) is 0 Å². The molecule has 2 aliphatic rings. The lowest BCUT2D eigenvalue weighted by Gasteiger charge is -2.38. The molecule has 2 N–H and O–H groups in total. The summed E-state index contributed by atoms with van der Waals surface area (Å²) in [5.41, 5.74) is 1.77. The Bertz CT molecular complexity index is 1390. The Morgan fingerprint density at radius 3 is 2.53 bits per heavy atom. The van der Waals surface area contributed by atoms with E-state index in [1.54, 1.807) is 12.1 Å². The molecule has 34 heavy (non-hydrogen) atoms. The second-order valence-electron chi connectivity index (χ2n) is 8.43. The molecule has 0 unspecified atom stereocenters. The van der Waals surface area contributed by atoms with Gasteiger partial charge in [0.25, 0.3) is 10.0 Å². The number of hydrogen-bond donors (Lipinski definition) is 2. The van der Waals surface area contributed by atoms with Gasteiger partial charge in [-0.05, 0) is 65.9 Å². The molecule has 9 heteroatoms. The number of alkyl halides is 3. The molecule has 0 fully saturated rings. The summed E-state index contributed by atoms with van der Waals surface area (Å²) in [6, 6.07) is 17.0. The Morgan fingerprint density at radius 1 is 0.971 bits per heavy atom. The van der Waals surface area contributed by atoms with Gasteiger partial charge in [0.2, 0.25) is 0 Å². The summed E-state index contributed by atoms with van der Waals surface area (Å²) in [4.78, 5) is 0.00357. The second kappa shape index (κ2) is 8.46. The quantitative estimate of drug-likeness (QED) is 0.342. The zero-order valence-electron chi connectivity index (χ0n) is 17.7. The average Bonchev–Trinajstić information content (AvgIpc) is 3.28. The Hall–Kier alpha value is -2.78. The molecule has 0 radical (unpaired) electrons. The van der Waals surface area contributed by atoms with E-state index in [0.717, 1.165) is 39.8 Å². The molecule has 3 aromatic rings. The SMILES string of the molecule is O=S(=O)(Nc1cccc(C(F)(F)F)c1)c1ccc2c(c1)[C@H]1C=CC[C@H]1[C@@H](c1ccccc1Br)N2. The fraction of sp³-hybridized carbons (Fsp3) is 0.200. The van der Waals surface area contributed by atoms with Gasteiger partial charge in [0.15, 0.2) is 0 Å². The predicted octanol–water partition coefficient (Wildman–Crippen LogP) is 7.10. The minimum Gasteiger partial charge on any atom is -0.378 e. The van der Waals surface area contributed by atoms with E-state index < -0.39 is 21.8 Å². The van der Waals surface area contributed by atoms with Crippen molar-refractivity contribution in [2.75, 3.05) is 10.0 Å². The molecule has 176 valence electrons. The highest BCUT2D eigenvalue weighted by Gasteiger charge is 2.39. The number of hydrogen-bond acceptors (Lipinski definition) is 3. The monoisotopic (exact) mass is 548 g/mol. The highest BCUT2D eigenvalue weighted by molar-refractivity contribution is 9.10. The Morgan fingerprint density at radius 2 is 1.76 bits per heavy atom. The van der Waals surface area contributed by atoms with E-state index >= 15 is 0 Å². The van der Waals surface area contributed by atoms with Crippen LogP contribution in [-0.4, -0.2) is 8.42 Å². The van der Waals surface area contributed by atoms with Crippen molar-refractivity contribution in [1.82, 2.24) is 0 Å². The lowest BCUT2D eigenvalue weighted by molar-refractivity contribution is -0.137. The van der Waals surface area contributed by atoms with Crippen LogP contribution in [0.5, 0.6) is 0 Å². The highest BCUT2D eigenvalue weighted by Crippen LogP contribution is 2.51. The minimum absolute atomic E-state index is 0.00357. The molecule has 0 spiro atoms. The molecule has 5 rings (SSSR count). The van der Waals surface area contributed by atoms with Crippen molar-refractivity contribution in [3.63, 3.8) is 0 Å². The van der Waals surface area contributed by atoms with E-state index in [9.17, 15) is 21.6 Å². The van der Waals surface area contributed by atoms with Gasteiger partial charge in [0.05, 0.1) is 16.5 Å². The predicted molar refractivity (Wildman–Crippen MR) is 129 cm³/mol. The summed E-state index contributed by atoms with van der Waals surface area (Å²) in [5.74, 6) is 0.234. The van der Waals surface area contributed by atoms with Crippen molar-refractivity contribution in [2.24, 2.45) is 5.92 Å². The normalized spacial score (nSPS) is 21.5. The fourth-order valence-corrected chi connectivity index (χ4v) is 6.36. The molecule has 3 atom stereocenters. The summed E-state index contributed by atoms with van der Waals surface area (Å²) in [7, 11) is -4.09. The van der Waals surface area contributed by atoms with Crippen LogP contribution in [0.15, 0.2) is 88.3 Å². The van der Waals surface area contributed by atoms with Gasteiger partial charge in [0, 0.05) is 21.8 Å². The van der Waals surface area contributed by atoms with Crippen LogP contribution in [0.1, 0.15) is 35.1 Å². The van der Waals surface area contributed by atoms with Crippen LogP contribution in [0.2, 0.25) is 0 Å². The van der Waals surface area contributed by atoms with E-state index in [4.69, 9.17) is 0 Å². The number of halogens is 4. The molecular formula is C25H20BrF3N2O2S. The third kappa shape index (κ3) is 4.22. The third-order valence-corrected chi connectivity index (χ3v) is 8.43. The lowest BCUT2D eigenvalue weighted by atomic mass is 9.77. The summed E-state index contributed by atoms with van der Waals surface area (Å²) in [6.45, 7) is 0. The van der Waals surface area contributed by atoms with E-state index in [2.05, 4.69) is 44.2 Å². The van der Waals surface area contributed by atoms with Gasteiger partial charge < -0.3 is 5.32 Å². The maximum atomic E-state index is 13.0. The smallest absolute Gasteiger partial charge is 0.378 e. The molecule has 1 aliphatic carbocycles. The van der Waals surface area contributed by atoms with Crippen LogP contribution in [0.3, 0.4) is 0 Å². The molecule has 0 saturated heterocycles. The summed E-state index contributed by atoms with van der Waals surface area (Å²) >= 11 is 3.64. The van der Waals surface area contributed by atoms with Crippen LogP contribution >= 0.6 is 15.9 Å². The van der Waals surface area contributed by atoms with Gasteiger partial charge >= 0.3 is 6.18 Å². The lowest BCUT2D eigenvalue weighted by Crippen LogP contribution is -2.29. The van der Waals surface area contributed by atoms with Gasteiger partial charge in [-0.25, -0.2) is 8.42 Å². The number of nitrogens with one attached hydrogen (secondary N) is 2. The number of sulfonamides is 1. The van der Waals surface area contributed by atoms with E-state index in [1.807, 2.05) is 18.2 Å². The second-order valence-corrected chi connectivity index (χ2v) is 11.0. The molecular weight excluding hydrogens is 529 g/mol. The minimum atomic E-state index is -4.56. The van der Waals surface area contributed by atoms with E-state index in [1.165, 1.54) is 18.2 Å². The zero-order valence-corrected chi connectivity index (χ0v) is 20.1. The standard InChI is InChI=1S/C25H20BrF3N2O2S/c26-22-10-2-1-7-20(22)24-19-9-4-8-18(19)21-14-17(11-12-23(21)30-24)34(32,33)31-16-6-3-5-15(13-16)25(27,28)29/h1-8,10-14,18-19,24,30-31H,9H2/t18-,19+,24-/m0/s1. The van der Waals surface area contributed by atoms with Crippen molar-refractivity contribution in [1.29, 1.82) is 0 Å². The summed E-state index contributed by atoms with van der Waals surface area (Å²) in [6.07, 6.45) is 0.498. The van der Waals surface area contributed by atoms with E-state index in [0.29, 0.717) is 0 Å². The summed E-state index contributed by atoms with van der Waals surface area (Å²) in [5, 5.41) is 3.57. The Labute approximate surface area is 204 Å². The first kappa shape index (κ1) is 23.0. The topological polar surface area (TPSA) is 58.2 Å². The largest absolute Gasteiger partial charge is 0.416 e. The molecule has 1 aliphatic heterocycles. The number of fused-ring (bicyclic) bond motifs is 3. The first-order valence-electron chi connectivity index (χ1n) is 10.7. The number of allylic oxidation sites excluding steroid dienone is 2. The Balaban J connectivity index is 1.47. The van der Waals surface area contributed by atoms with Gasteiger partial charge in [-0.2, -0.15) is 13.2 Å². The Kier molecular flexibility index (Phi) is 5.72. The van der Waals surface area contributed by atoms with Crippen molar-refractivity contribution >= 4 is 37.3 Å². The molecule has 0 aromatic heterocycles. The zero-order chi connectivity index (χ0) is 24.1. The average molecular weight is 549 g/mol. The van der Waals surface area contributed by atoms with Crippen LogP contribution in [-0.2, 0) is 16.2 Å². The van der Waals surface area contributed by atoms with E-state index in [-0.39, 0.29) is 28.5 Å². The van der Waals surface area contributed by atoms with Gasteiger partial charge in [-0.1, -0.05) is 52.3 Å². The van der Waals surface area contributed by atoms with Gasteiger partial charge in [-0.15, -0.1) is 0 Å². The third-order valence-electron chi connectivity index (χ3n) is 6.33. The molecule has 3 aromatic carbocycles. The molecule has 0 saturated carbocycles. The number of benzene rings is 3. The van der Waals surface area contributed by atoms with Crippen molar-refractivity contribution in [2.45, 2.75) is 29.5 Å². The highest BCUT2D eigenvalue weighted by atomic mass is 79.9. The van der Waals surface area contributed by atoms with Crippen molar-refractivity contribution in [3.05, 3.63) is 100 Å². The molecule has 1 heterocycles. The number of rotatable bonds is 4. The van der Waals surface area contributed by atoms with Crippen molar-refractivity contribution in [3.8, 4) is 0 Å².